The van der Waals surface area contributed by atoms with E-state index in [0.717, 1.165) is 5.56 Å². The number of benzene rings is 1. The number of hydrogen-bond acceptors (Lipinski definition) is 4. The molecule has 0 amide bonds. The van der Waals surface area contributed by atoms with E-state index < -0.39 is 12.1 Å². The summed E-state index contributed by atoms with van der Waals surface area (Å²) in [6.45, 7) is 1.59. The number of aryl methyl sites for hydroxylation is 1. The molecule has 1 unspecified atom stereocenters. The molecule has 0 saturated heterocycles. The second kappa shape index (κ2) is 5.01. The van der Waals surface area contributed by atoms with Crippen LogP contribution in [0, 0.1) is 6.92 Å². The molecule has 0 saturated carbocycles. The largest absolute Gasteiger partial charge is 0.475 e. The number of aromatic carboxylic acids is 1. The molecule has 1 aromatic heterocycles. The van der Waals surface area contributed by atoms with Gasteiger partial charge in [0.2, 0.25) is 11.7 Å². The standard InChI is InChI=1S/C13H13NO4/c1-8-10(13(15)16)18-12(14-8)11(17-2)9-6-4-3-5-7-9/h3-7,11H,1-2H3,(H,15,16). The zero-order valence-corrected chi connectivity index (χ0v) is 10.1. The Morgan fingerprint density at radius 3 is 2.56 bits per heavy atom. The zero-order chi connectivity index (χ0) is 13.1. The predicted octanol–water partition coefficient (Wildman–Crippen LogP) is 2.42. The minimum Gasteiger partial charge on any atom is -0.475 e. The van der Waals surface area contributed by atoms with Gasteiger partial charge in [0.1, 0.15) is 0 Å². The summed E-state index contributed by atoms with van der Waals surface area (Å²) in [5.74, 6) is -1.03. The molecule has 0 radical (unpaired) electrons. The maximum Gasteiger partial charge on any atom is 0.373 e. The first-order valence-electron chi connectivity index (χ1n) is 5.42. The topological polar surface area (TPSA) is 72.6 Å². The highest BCUT2D eigenvalue weighted by molar-refractivity contribution is 5.85. The van der Waals surface area contributed by atoms with Crippen molar-refractivity contribution in [1.29, 1.82) is 0 Å². The van der Waals surface area contributed by atoms with E-state index in [-0.39, 0.29) is 11.7 Å². The Morgan fingerprint density at radius 1 is 1.39 bits per heavy atom. The molecule has 1 aromatic carbocycles. The van der Waals surface area contributed by atoms with Crippen LogP contribution in [0.25, 0.3) is 0 Å². The van der Waals surface area contributed by atoms with Crippen molar-refractivity contribution >= 4 is 5.97 Å². The van der Waals surface area contributed by atoms with E-state index in [1.165, 1.54) is 7.11 Å². The molecule has 0 spiro atoms. The molecule has 1 atom stereocenters. The summed E-state index contributed by atoms with van der Waals surface area (Å²) in [6, 6.07) is 9.37. The van der Waals surface area contributed by atoms with Gasteiger partial charge in [-0.15, -0.1) is 0 Å². The van der Waals surface area contributed by atoms with Crippen LogP contribution in [0.2, 0.25) is 0 Å². The van der Waals surface area contributed by atoms with Gasteiger partial charge in [0.25, 0.3) is 0 Å². The Hall–Kier alpha value is -2.14. The molecule has 18 heavy (non-hydrogen) atoms. The quantitative estimate of drug-likeness (QED) is 0.898. The Labute approximate surface area is 104 Å². The van der Waals surface area contributed by atoms with E-state index in [4.69, 9.17) is 14.3 Å². The van der Waals surface area contributed by atoms with Gasteiger partial charge in [-0.3, -0.25) is 0 Å². The zero-order valence-electron chi connectivity index (χ0n) is 10.1. The molecule has 2 aromatic rings. The second-order valence-corrected chi connectivity index (χ2v) is 3.80. The van der Waals surface area contributed by atoms with Gasteiger partial charge in [-0.2, -0.15) is 0 Å². The van der Waals surface area contributed by atoms with Crippen molar-refractivity contribution in [1.82, 2.24) is 4.98 Å². The normalized spacial score (nSPS) is 12.3. The van der Waals surface area contributed by atoms with Crippen LogP contribution < -0.4 is 0 Å². The fraction of sp³-hybridized carbons (Fsp3) is 0.231. The Bertz CT molecular complexity index is 547. The molecule has 1 heterocycles. The highest BCUT2D eigenvalue weighted by atomic mass is 16.5. The third kappa shape index (κ3) is 2.26. The molecule has 1 N–H and O–H groups in total. The molecule has 0 aliphatic carbocycles. The number of carboxylic acids is 1. The van der Waals surface area contributed by atoms with Gasteiger partial charge in [-0.05, 0) is 12.5 Å². The van der Waals surface area contributed by atoms with Crippen molar-refractivity contribution in [2.75, 3.05) is 7.11 Å². The van der Waals surface area contributed by atoms with E-state index in [1.54, 1.807) is 6.92 Å². The van der Waals surface area contributed by atoms with Crippen LogP contribution in [-0.4, -0.2) is 23.2 Å². The van der Waals surface area contributed by atoms with E-state index >= 15 is 0 Å². The molecule has 0 aliphatic heterocycles. The van der Waals surface area contributed by atoms with Crippen molar-refractivity contribution in [3.05, 3.63) is 53.2 Å². The van der Waals surface area contributed by atoms with Gasteiger partial charge in [0, 0.05) is 7.11 Å². The molecule has 0 bridgehead atoms. The Balaban J connectivity index is 2.40. The first-order chi connectivity index (χ1) is 8.63. The molecule has 5 heteroatoms. The maximum absolute atomic E-state index is 10.9. The lowest BCUT2D eigenvalue weighted by molar-refractivity contribution is 0.0644. The SMILES string of the molecule is COC(c1ccccc1)c1nc(C)c(C(=O)O)o1. The van der Waals surface area contributed by atoms with Gasteiger partial charge in [0.15, 0.2) is 6.10 Å². The Kier molecular flexibility index (Phi) is 3.43. The van der Waals surface area contributed by atoms with E-state index in [9.17, 15) is 4.79 Å². The number of aromatic nitrogens is 1. The van der Waals surface area contributed by atoms with Crippen LogP contribution >= 0.6 is 0 Å². The number of rotatable bonds is 4. The molecular weight excluding hydrogens is 234 g/mol. The number of hydrogen-bond donors (Lipinski definition) is 1. The summed E-state index contributed by atoms with van der Waals surface area (Å²) in [7, 11) is 1.53. The average molecular weight is 247 g/mol. The van der Waals surface area contributed by atoms with Crippen molar-refractivity contribution in [2.45, 2.75) is 13.0 Å². The fourth-order valence-electron chi connectivity index (χ4n) is 1.74. The number of ether oxygens (including phenoxy) is 1. The number of carboxylic acid groups (broad SMARTS) is 1. The van der Waals surface area contributed by atoms with Crippen molar-refractivity contribution < 1.29 is 19.1 Å². The highest BCUT2D eigenvalue weighted by Gasteiger charge is 2.23. The fourth-order valence-corrected chi connectivity index (χ4v) is 1.74. The van der Waals surface area contributed by atoms with Crippen molar-refractivity contribution in [2.24, 2.45) is 0 Å². The summed E-state index contributed by atoms with van der Waals surface area (Å²) >= 11 is 0. The van der Waals surface area contributed by atoms with Gasteiger partial charge in [-0.1, -0.05) is 30.3 Å². The molecule has 5 nitrogen and oxygen atoms in total. The first kappa shape index (κ1) is 12.3. The van der Waals surface area contributed by atoms with Gasteiger partial charge >= 0.3 is 5.97 Å². The monoisotopic (exact) mass is 247 g/mol. The van der Waals surface area contributed by atoms with E-state index in [1.807, 2.05) is 30.3 Å². The summed E-state index contributed by atoms with van der Waals surface area (Å²) in [5.41, 5.74) is 1.20. The molecular formula is C13H13NO4. The second-order valence-electron chi connectivity index (χ2n) is 3.80. The van der Waals surface area contributed by atoms with E-state index in [0.29, 0.717) is 5.69 Å². The third-order valence-electron chi connectivity index (χ3n) is 2.57. The van der Waals surface area contributed by atoms with Crippen LogP contribution in [0.15, 0.2) is 34.7 Å². The molecule has 94 valence electrons. The lowest BCUT2D eigenvalue weighted by Crippen LogP contribution is -2.03. The lowest BCUT2D eigenvalue weighted by atomic mass is 10.1. The third-order valence-corrected chi connectivity index (χ3v) is 2.57. The summed E-state index contributed by atoms with van der Waals surface area (Å²) in [4.78, 5) is 15.0. The minimum absolute atomic E-state index is 0.150. The number of methoxy groups -OCH3 is 1. The lowest BCUT2D eigenvalue weighted by Gasteiger charge is -2.11. The molecule has 0 aliphatic rings. The van der Waals surface area contributed by atoms with Crippen LogP contribution in [0.3, 0.4) is 0 Å². The summed E-state index contributed by atoms with van der Waals surface area (Å²) < 4.78 is 10.6. The van der Waals surface area contributed by atoms with Gasteiger partial charge in [-0.25, -0.2) is 9.78 Å². The average Bonchev–Trinajstić information content (AvgIpc) is 2.74. The van der Waals surface area contributed by atoms with E-state index in [2.05, 4.69) is 4.98 Å². The first-order valence-corrected chi connectivity index (χ1v) is 5.42. The number of oxazole rings is 1. The summed E-state index contributed by atoms with van der Waals surface area (Å²) in [5, 5.41) is 8.93. The maximum atomic E-state index is 10.9. The minimum atomic E-state index is -1.13. The highest BCUT2D eigenvalue weighted by Crippen LogP contribution is 2.26. The molecule has 0 fully saturated rings. The smallest absolute Gasteiger partial charge is 0.373 e. The van der Waals surface area contributed by atoms with Crippen LogP contribution in [0.4, 0.5) is 0 Å². The van der Waals surface area contributed by atoms with Crippen LogP contribution in [0.5, 0.6) is 0 Å². The van der Waals surface area contributed by atoms with Crippen LogP contribution in [-0.2, 0) is 4.74 Å². The number of carbonyl (C=O) groups is 1. The summed E-state index contributed by atoms with van der Waals surface area (Å²) in [6.07, 6.45) is -0.502. The Morgan fingerprint density at radius 2 is 2.06 bits per heavy atom. The van der Waals surface area contributed by atoms with Gasteiger partial charge in [0.05, 0.1) is 5.69 Å². The van der Waals surface area contributed by atoms with Gasteiger partial charge < -0.3 is 14.3 Å². The molecule has 2 rings (SSSR count). The van der Waals surface area contributed by atoms with Crippen molar-refractivity contribution in [3.8, 4) is 0 Å². The van der Waals surface area contributed by atoms with Crippen LogP contribution in [0.1, 0.15) is 33.8 Å². The predicted molar refractivity (Wildman–Crippen MR) is 63.5 cm³/mol. The van der Waals surface area contributed by atoms with Crippen molar-refractivity contribution in [3.63, 3.8) is 0 Å². The number of nitrogens with zero attached hydrogens (tertiary/aromatic N) is 1.